The zero-order valence-electron chi connectivity index (χ0n) is 13.9. The molecule has 0 spiro atoms. The number of aromatic amines is 1. The average molecular weight is 332 g/mol. The number of fused-ring (bicyclic) bond motifs is 3. The maximum atomic E-state index is 12.4. The van der Waals surface area contributed by atoms with Crippen molar-refractivity contribution in [1.29, 1.82) is 0 Å². The second-order valence-corrected chi connectivity index (χ2v) is 6.05. The van der Waals surface area contributed by atoms with Gasteiger partial charge in [-0.15, -0.1) is 0 Å². The van der Waals surface area contributed by atoms with E-state index in [1.54, 1.807) is 42.9 Å². The molecular weight excluding hydrogens is 316 g/mol. The van der Waals surface area contributed by atoms with Crippen LogP contribution in [0.3, 0.4) is 0 Å². The molecule has 124 valence electrons. The van der Waals surface area contributed by atoms with Gasteiger partial charge in [-0.2, -0.15) is 0 Å². The van der Waals surface area contributed by atoms with Crippen molar-refractivity contribution in [3.05, 3.63) is 70.6 Å². The zero-order valence-corrected chi connectivity index (χ0v) is 13.9. The van der Waals surface area contributed by atoms with Gasteiger partial charge in [0.15, 0.2) is 0 Å². The van der Waals surface area contributed by atoms with Crippen molar-refractivity contribution < 1.29 is 4.79 Å². The van der Waals surface area contributed by atoms with E-state index in [0.717, 1.165) is 11.1 Å². The molecule has 1 N–H and O–H groups in total. The van der Waals surface area contributed by atoms with Crippen molar-refractivity contribution >= 4 is 22.5 Å². The number of amides is 1. The second-order valence-electron chi connectivity index (χ2n) is 6.05. The SMILES string of the molecule is CN(C)C(=O)c1ccc2[nH]c(=O)c3cnc(-c4ccccc4)n3c2c1. The molecule has 0 saturated heterocycles. The van der Waals surface area contributed by atoms with E-state index >= 15 is 0 Å². The predicted octanol–water partition coefficient (Wildman–Crippen LogP) is 2.54. The zero-order chi connectivity index (χ0) is 17.6. The topological polar surface area (TPSA) is 70.5 Å². The van der Waals surface area contributed by atoms with Crippen molar-refractivity contribution in [2.45, 2.75) is 0 Å². The maximum absolute atomic E-state index is 12.4. The van der Waals surface area contributed by atoms with Gasteiger partial charge in [0.1, 0.15) is 11.3 Å². The second kappa shape index (κ2) is 5.59. The van der Waals surface area contributed by atoms with Gasteiger partial charge in [0.05, 0.1) is 17.2 Å². The van der Waals surface area contributed by atoms with Crippen LogP contribution >= 0.6 is 0 Å². The molecule has 0 radical (unpaired) electrons. The molecule has 0 aliphatic heterocycles. The molecule has 0 saturated carbocycles. The Balaban J connectivity index is 2.09. The van der Waals surface area contributed by atoms with Crippen LogP contribution in [-0.4, -0.2) is 39.3 Å². The highest BCUT2D eigenvalue weighted by Crippen LogP contribution is 2.23. The fourth-order valence-corrected chi connectivity index (χ4v) is 2.95. The number of rotatable bonds is 2. The van der Waals surface area contributed by atoms with Gasteiger partial charge < -0.3 is 9.88 Å². The third-order valence-electron chi connectivity index (χ3n) is 4.17. The molecule has 4 aromatic rings. The first-order valence-corrected chi connectivity index (χ1v) is 7.87. The van der Waals surface area contributed by atoms with Crippen molar-refractivity contribution in [3.63, 3.8) is 0 Å². The van der Waals surface area contributed by atoms with Gasteiger partial charge in [-0.05, 0) is 18.2 Å². The van der Waals surface area contributed by atoms with Gasteiger partial charge in [0, 0.05) is 25.2 Å². The number of carbonyl (C=O) groups is 1. The quantitative estimate of drug-likeness (QED) is 0.613. The molecule has 2 aromatic carbocycles. The maximum Gasteiger partial charge on any atom is 0.274 e. The monoisotopic (exact) mass is 332 g/mol. The molecule has 0 bridgehead atoms. The number of aromatic nitrogens is 3. The molecule has 6 heteroatoms. The Hall–Kier alpha value is -3.41. The number of hydrogen-bond donors (Lipinski definition) is 1. The normalized spacial score (nSPS) is 11.1. The van der Waals surface area contributed by atoms with Crippen LogP contribution in [0, 0.1) is 0 Å². The molecular formula is C19H16N4O2. The highest BCUT2D eigenvalue weighted by molar-refractivity contribution is 5.97. The molecule has 0 unspecified atom stereocenters. The van der Waals surface area contributed by atoms with Crippen LogP contribution in [0.25, 0.3) is 27.9 Å². The summed E-state index contributed by atoms with van der Waals surface area (Å²) in [6.45, 7) is 0. The Kier molecular flexibility index (Phi) is 3.39. The smallest absolute Gasteiger partial charge is 0.274 e. The molecule has 2 aromatic heterocycles. The van der Waals surface area contributed by atoms with E-state index < -0.39 is 0 Å². The first-order chi connectivity index (χ1) is 12.1. The Bertz CT molecular complexity index is 1160. The van der Waals surface area contributed by atoms with E-state index in [1.807, 2.05) is 30.3 Å². The number of hydrogen-bond acceptors (Lipinski definition) is 3. The van der Waals surface area contributed by atoms with Gasteiger partial charge in [-0.1, -0.05) is 30.3 Å². The van der Waals surface area contributed by atoms with E-state index in [0.29, 0.717) is 22.4 Å². The van der Waals surface area contributed by atoms with Crippen molar-refractivity contribution in [3.8, 4) is 11.4 Å². The fraction of sp³-hybridized carbons (Fsp3) is 0.105. The molecule has 1 amide bonds. The molecule has 2 heterocycles. The van der Waals surface area contributed by atoms with Crippen LogP contribution in [0.2, 0.25) is 0 Å². The van der Waals surface area contributed by atoms with E-state index in [1.165, 1.54) is 4.90 Å². The summed E-state index contributed by atoms with van der Waals surface area (Å²) in [5.74, 6) is 0.573. The van der Waals surface area contributed by atoms with Gasteiger partial charge >= 0.3 is 0 Å². The van der Waals surface area contributed by atoms with E-state index in [4.69, 9.17) is 0 Å². The number of benzene rings is 2. The molecule has 0 fully saturated rings. The third-order valence-corrected chi connectivity index (χ3v) is 4.17. The summed E-state index contributed by atoms with van der Waals surface area (Å²) in [6.07, 6.45) is 1.56. The number of carbonyl (C=O) groups excluding carboxylic acids is 1. The van der Waals surface area contributed by atoms with Gasteiger partial charge in [-0.3, -0.25) is 14.0 Å². The molecule has 0 aliphatic rings. The van der Waals surface area contributed by atoms with Gasteiger partial charge in [-0.25, -0.2) is 4.98 Å². The summed E-state index contributed by atoms with van der Waals surface area (Å²) >= 11 is 0. The summed E-state index contributed by atoms with van der Waals surface area (Å²) in [5.41, 5.74) is 3.08. The van der Waals surface area contributed by atoms with Crippen LogP contribution in [0.15, 0.2) is 59.5 Å². The van der Waals surface area contributed by atoms with Crippen molar-refractivity contribution in [2.24, 2.45) is 0 Å². The van der Waals surface area contributed by atoms with Crippen LogP contribution in [-0.2, 0) is 0 Å². The van der Waals surface area contributed by atoms with Crippen LogP contribution in [0.1, 0.15) is 10.4 Å². The third kappa shape index (κ3) is 2.39. The summed E-state index contributed by atoms with van der Waals surface area (Å²) in [6, 6.07) is 14.9. The number of nitrogens with one attached hydrogen (secondary N) is 1. The first-order valence-electron chi connectivity index (χ1n) is 7.87. The van der Waals surface area contributed by atoms with Crippen LogP contribution < -0.4 is 5.56 Å². The van der Waals surface area contributed by atoms with Crippen molar-refractivity contribution in [1.82, 2.24) is 19.3 Å². The summed E-state index contributed by atoms with van der Waals surface area (Å²) in [5, 5.41) is 0. The molecule has 0 aliphatic carbocycles. The summed E-state index contributed by atoms with van der Waals surface area (Å²) in [4.78, 5) is 33.5. The average Bonchev–Trinajstić information content (AvgIpc) is 3.07. The minimum atomic E-state index is -0.214. The summed E-state index contributed by atoms with van der Waals surface area (Å²) in [7, 11) is 3.42. The summed E-state index contributed by atoms with van der Waals surface area (Å²) < 4.78 is 1.80. The van der Waals surface area contributed by atoms with E-state index in [-0.39, 0.29) is 11.5 Å². The lowest BCUT2D eigenvalue weighted by molar-refractivity contribution is 0.0827. The lowest BCUT2D eigenvalue weighted by Gasteiger charge is -2.12. The minimum Gasteiger partial charge on any atom is -0.345 e. The lowest BCUT2D eigenvalue weighted by Crippen LogP contribution is -2.21. The van der Waals surface area contributed by atoms with Crippen LogP contribution in [0.5, 0.6) is 0 Å². The Morgan fingerprint density at radius 1 is 1.08 bits per heavy atom. The van der Waals surface area contributed by atoms with Gasteiger partial charge in [0.25, 0.3) is 11.5 Å². The van der Waals surface area contributed by atoms with E-state index in [2.05, 4.69) is 9.97 Å². The van der Waals surface area contributed by atoms with E-state index in [9.17, 15) is 9.59 Å². The Morgan fingerprint density at radius 3 is 2.56 bits per heavy atom. The molecule has 6 nitrogen and oxygen atoms in total. The molecule has 4 rings (SSSR count). The minimum absolute atomic E-state index is 0.0948. The lowest BCUT2D eigenvalue weighted by atomic mass is 10.1. The highest BCUT2D eigenvalue weighted by Gasteiger charge is 2.15. The van der Waals surface area contributed by atoms with Crippen molar-refractivity contribution in [2.75, 3.05) is 14.1 Å². The standard InChI is InChI=1S/C19H16N4O2/c1-22(2)19(25)13-8-9-14-15(10-13)23-16(18(24)21-14)11-20-17(23)12-6-4-3-5-7-12/h3-11H,1-2H3,(H,21,24). The van der Waals surface area contributed by atoms with Crippen LogP contribution in [0.4, 0.5) is 0 Å². The number of imidazole rings is 1. The molecule has 0 atom stereocenters. The predicted molar refractivity (Wildman–Crippen MR) is 96.8 cm³/mol. The largest absolute Gasteiger partial charge is 0.345 e. The number of nitrogens with zero attached hydrogens (tertiary/aromatic N) is 3. The highest BCUT2D eigenvalue weighted by atomic mass is 16.2. The molecule has 25 heavy (non-hydrogen) atoms. The Labute approximate surface area is 143 Å². The fourth-order valence-electron chi connectivity index (χ4n) is 2.95. The Morgan fingerprint density at radius 2 is 1.84 bits per heavy atom. The number of H-pyrrole nitrogens is 1. The van der Waals surface area contributed by atoms with Gasteiger partial charge in [0.2, 0.25) is 0 Å². The first kappa shape index (κ1) is 15.1.